The Morgan fingerprint density at radius 1 is 1.04 bits per heavy atom. The normalized spacial score (nSPS) is 10.4. The van der Waals surface area contributed by atoms with Crippen molar-refractivity contribution in [1.29, 1.82) is 0 Å². The second-order valence-electron chi connectivity index (χ2n) is 5.75. The first-order valence-corrected chi connectivity index (χ1v) is 8.53. The van der Waals surface area contributed by atoms with Crippen LogP contribution in [0.15, 0.2) is 36.4 Å². The summed E-state index contributed by atoms with van der Waals surface area (Å²) in [6, 6.07) is 10.6. The molecule has 26 heavy (non-hydrogen) atoms. The van der Waals surface area contributed by atoms with E-state index in [9.17, 15) is 4.79 Å². The molecule has 7 heteroatoms. The van der Waals surface area contributed by atoms with Crippen LogP contribution in [0.2, 0.25) is 5.02 Å². The molecule has 0 atom stereocenters. The third-order valence-corrected chi connectivity index (χ3v) is 3.73. The smallest absolute Gasteiger partial charge is 0.243 e. The van der Waals surface area contributed by atoms with Crippen molar-refractivity contribution in [3.05, 3.63) is 41.4 Å². The lowest BCUT2D eigenvalue weighted by Crippen LogP contribution is -2.22. The zero-order valence-electron chi connectivity index (χ0n) is 15.3. The lowest BCUT2D eigenvalue weighted by molar-refractivity contribution is -0.114. The molecule has 0 heterocycles. The monoisotopic (exact) mass is 378 g/mol. The highest BCUT2D eigenvalue weighted by Crippen LogP contribution is 2.35. The Labute approximate surface area is 158 Å². The first-order chi connectivity index (χ1) is 12.4. The molecule has 0 saturated carbocycles. The molecule has 0 fully saturated rings. The molecule has 2 aromatic rings. The second-order valence-corrected chi connectivity index (χ2v) is 6.16. The number of rotatable bonds is 8. The maximum atomic E-state index is 12.3. The molecular weight excluding hydrogens is 356 g/mol. The standard InChI is InChI=1S/C19H23ClN2O4/c1-12(2)26-16-8-6-5-7-14(16)22-19(23)11-21-15-10-17(24-3)13(20)9-18(15)25-4/h5-10,12,21H,11H2,1-4H3,(H,22,23). The maximum absolute atomic E-state index is 12.3. The molecule has 2 N–H and O–H groups in total. The molecule has 0 unspecified atom stereocenters. The van der Waals surface area contributed by atoms with Crippen LogP contribution in [0.1, 0.15) is 13.8 Å². The largest absolute Gasteiger partial charge is 0.495 e. The van der Waals surface area contributed by atoms with Gasteiger partial charge in [0.05, 0.1) is 43.3 Å². The van der Waals surface area contributed by atoms with Crippen LogP contribution in [-0.4, -0.2) is 32.8 Å². The number of hydrogen-bond donors (Lipinski definition) is 2. The Kier molecular flexibility index (Phi) is 6.97. The van der Waals surface area contributed by atoms with E-state index in [0.717, 1.165) is 0 Å². The number of amides is 1. The zero-order valence-corrected chi connectivity index (χ0v) is 16.0. The summed E-state index contributed by atoms with van der Waals surface area (Å²) in [4.78, 5) is 12.3. The van der Waals surface area contributed by atoms with Crippen molar-refractivity contribution >= 4 is 28.9 Å². The van der Waals surface area contributed by atoms with E-state index in [4.69, 9.17) is 25.8 Å². The van der Waals surface area contributed by atoms with E-state index in [0.29, 0.717) is 33.6 Å². The molecule has 0 aliphatic rings. The van der Waals surface area contributed by atoms with Crippen molar-refractivity contribution < 1.29 is 19.0 Å². The summed E-state index contributed by atoms with van der Waals surface area (Å²) in [5, 5.41) is 6.30. The van der Waals surface area contributed by atoms with E-state index in [1.54, 1.807) is 18.2 Å². The first-order valence-electron chi connectivity index (χ1n) is 8.15. The molecule has 0 saturated heterocycles. The summed E-state index contributed by atoms with van der Waals surface area (Å²) in [6.45, 7) is 3.90. The van der Waals surface area contributed by atoms with Crippen LogP contribution in [0.25, 0.3) is 0 Å². The Morgan fingerprint density at radius 3 is 2.38 bits per heavy atom. The summed E-state index contributed by atoms with van der Waals surface area (Å²) in [5.74, 6) is 1.42. The molecule has 0 radical (unpaired) electrons. The highest BCUT2D eigenvalue weighted by Gasteiger charge is 2.12. The lowest BCUT2D eigenvalue weighted by atomic mass is 10.2. The number of halogens is 1. The first kappa shape index (κ1) is 19.7. The van der Waals surface area contributed by atoms with E-state index >= 15 is 0 Å². The Morgan fingerprint density at radius 2 is 1.73 bits per heavy atom. The van der Waals surface area contributed by atoms with Gasteiger partial charge in [0.2, 0.25) is 5.91 Å². The van der Waals surface area contributed by atoms with Gasteiger partial charge in [0, 0.05) is 12.1 Å². The average molecular weight is 379 g/mol. The van der Waals surface area contributed by atoms with E-state index in [1.165, 1.54) is 14.2 Å². The molecule has 0 bridgehead atoms. The minimum absolute atomic E-state index is 0.0111. The lowest BCUT2D eigenvalue weighted by Gasteiger charge is -2.16. The summed E-state index contributed by atoms with van der Waals surface area (Å²) >= 11 is 6.08. The van der Waals surface area contributed by atoms with Gasteiger partial charge in [-0.2, -0.15) is 0 Å². The van der Waals surface area contributed by atoms with Crippen molar-refractivity contribution in [2.45, 2.75) is 20.0 Å². The Hall–Kier alpha value is -2.60. The molecular formula is C19H23ClN2O4. The fourth-order valence-electron chi connectivity index (χ4n) is 2.30. The van der Waals surface area contributed by atoms with E-state index in [2.05, 4.69) is 10.6 Å². The molecule has 2 rings (SSSR count). The van der Waals surface area contributed by atoms with Crippen molar-refractivity contribution in [3.8, 4) is 17.2 Å². The number of carbonyl (C=O) groups excluding carboxylic acids is 1. The summed E-state index contributed by atoms with van der Waals surface area (Å²) in [6.07, 6.45) is 0.0111. The van der Waals surface area contributed by atoms with Gasteiger partial charge in [-0.1, -0.05) is 23.7 Å². The van der Waals surface area contributed by atoms with Gasteiger partial charge in [-0.25, -0.2) is 0 Å². The van der Waals surface area contributed by atoms with Crippen LogP contribution in [0.4, 0.5) is 11.4 Å². The van der Waals surface area contributed by atoms with Crippen molar-refractivity contribution in [1.82, 2.24) is 0 Å². The Balaban J connectivity index is 2.06. The van der Waals surface area contributed by atoms with Gasteiger partial charge >= 0.3 is 0 Å². The Bertz CT molecular complexity index is 765. The van der Waals surface area contributed by atoms with Gasteiger partial charge in [0.25, 0.3) is 0 Å². The van der Waals surface area contributed by atoms with Gasteiger partial charge in [-0.05, 0) is 26.0 Å². The molecule has 0 aliphatic carbocycles. The molecule has 0 aliphatic heterocycles. The molecule has 0 aromatic heterocycles. The molecule has 1 amide bonds. The minimum Gasteiger partial charge on any atom is -0.495 e. The van der Waals surface area contributed by atoms with Gasteiger partial charge in [0.1, 0.15) is 17.2 Å². The van der Waals surface area contributed by atoms with Crippen molar-refractivity contribution in [2.24, 2.45) is 0 Å². The fraction of sp³-hybridized carbons (Fsp3) is 0.316. The van der Waals surface area contributed by atoms with Gasteiger partial charge < -0.3 is 24.8 Å². The number of methoxy groups -OCH3 is 2. The predicted octanol–water partition coefficient (Wildman–Crippen LogP) is 4.20. The van der Waals surface area contributed by atoms with Gasteiger partial charge in [0.15, 0.2) is 0 Å². The summed E-state index contributed by atoms with van der Waals surface area (Å²) < 4.78 is 16.2. The van der Waals surface area contributed by atoms with E-state index in [1.807, 2.05) is 32.0 Å². The SMILES string of the molecule is COc1cc(NCC(=O)Nc2ccccc2OC(C)C)c(OC)cc1Cl. The van der Waals surface area contributed by atoms with Crippen LogP contribution in [0.5, 0.6) is 17.2 Å². The van der Waals surface area contributed by atoms with E-state index < -0.39 is 0 Å². The van der Waals surface area contributed by atoms with Crippen molar-refractivity contribution in [3.63, 3.8) is 0 Å². The van der Waals surface area contributed by atoms with E-state index in [-0.39, 0.29) is 18.6 Å². The van der Waals surface area contributed by atoms with Crippen LogP contribution in [0, 0.1) is 0 Å². The molecule has 2 aromatic carbocycles. The third kappa shape index (κ3) is 5.20. The molecule has 6 nitrogen and oxygen atoms in total. The number of anilines is 2. The maximum Gasteiger partial charge on any atom is 0.243 e. The average Bonchev–Trinajstić information content (AvgIpc) is 2.61. The molecule has 0 spiro atoms. The predicted molar refractivity (Wildman–Crippen MR) is 104 cm³/mol. The third-order valence-electron chi connectivity index (χ3n) is 3.44. The van der Waals surface area contributed by atoms with Gasteiger partial charge in [-0.3, -0.25) is 4.79 Å². The van der Waals surface area contributed by atoms with Crippen LogP contribution >= 0.6 is 11.6 Å². The highest BCUT2D eigenvalue weighted by atomic mass is 35.5. The highest BCUT2D eigenvalue weighted by molar-refractivity contribution is 6.32. The van der Waals surface area contributed by atoms with Gasteiger partial charge in [-0.15, -0.1) is 0 Å². The number of hydrogen-bond acceptors (Lipinski definition) is 5. The second kappa shape index (κ2) is 9.20. The summed E-state index contributed by atoms with van der Waals surface area (Å²) in [7, 11) is 3.05. The number of benzene rings is 2. The topological polar surface area (TPSA) is 68.8 Å². The van der Waals surface area contributed by atoms with Crippen LogP contribution < -0.4 is 24.8 Å². The number of nitrogens with one attached hydrogen (secondary N) is 2. The zero-order chi connectivity index (χ0) is 19.1. The number of ether oxygens (including phenoxy) is 3. The number of para-hydroxylation sites is 2. The minimum atomic E-state index is -0.222. The fourth-order valence-corrected chi connectivity index (χ4v) is 2.53. The quantitative estimate of drug-likeness (QED) is 0.720. The van der Waals surface area contributed by atoms with Crippen LogP contribution in [-0.2, 0) is 4.79 Å². The van der Waals surface area contributed by atoms with Crippen LogP contribution in [0.3, 0.4) is 0 Å². The summed E-state index contributed by atoms with van der Waals surface area (Å²) in [5.41, 5.74) is 1.23. The number of carbonyl (C=O) groups is 1. The van der Waals surface area contributed by atoms with Crippen molar-refractivity contribution in [2.75, 3.05) is 31.4 Å². The molecule has 140 valence electrons.